The van der Waals surface area contributed by atoms with Gasteiger partial charge in [-0.25, -0.2) is 0 Å². The van der Waals surface area contributed by atoms with Gasteiger partial charge in [0.2, 0.25) is 0 Å². The SMILES string of the molecule is ON=CCCCCCCCc1ccc(Cl)cc1Cl. The first-order chi connectivity index (χ1) is 8.74. The fraction of sp³-hybridized carbons (Fsp3) is 0.500. The second kappa shape index (κ2) is 9.23. The van der Waals surface area contributed by atoms with E-state index in [1.54, 1.807) is 12.3 Å². The minimum absolute atomic E-state index is 0.689. The molecule has 0 saturated heterocycles. The summed E-state index contributed by atoms with van der Waals surface area (Å²) in [5, 5.41) is 12.7. The van der Waals surface area contributed by atoms with E-state index in [1.165, 1.54) is 24.8 Å². The molecule has 1 rings (SSSR count). The van der Waals surface area contributed by atoms with E-state index in [0.29, 0.717) is 5.02 Å². The summed E-state index contributed by atoms with van der Waals surface area (Å²) in [5.41, 5.74) is 1.17. The van der Waals surface area contributed by atoms with Crippen LogP contribution in [0.3, 0.4) is 0 Å². The summed E-state index contributed by atoms with van der Waals surface area (Å²) in [6, 6.07) is 5.69. The second-order valence-corrected chi connectivity index (χ2v) is 5.18. The minimum atomic E-state index is 0.689. The number of hydrogen-bond acceptors (Lipinski definition) is 2. The van der Waals surface area contributed by atoms with Gasteiger partial charge in [-0.1, -0.05) is 48.5 Å². The molecule has 0 atom stereocenters. The molecule has 0 heterocycles. The maximum absolute atomic E-state index is 8.23. The monoisotopic (exact) mass is 287 g/mol. The Balaban J connectivity index is 2.10. The number of rotatable bonds is 8. The molecule has 1 N–H and O–H groups in total. The van der Waals surface area contributed by atoms with Crippen molar-refractivity contribution >= 4 is 29.4 Å². The Morgan fingerprint density at radius 2 is 1.78 bits per heavy atom. The molecule has 0 aromatic heterocycles. The number of unbranched alkanes of at least 4 members (excludes halogenated alkanes) is 5. The van der Waals surface area contributed by atoms with Crippen molar-refractivity contribution in [3.05, 3.63) is 33.8 Å². The molecule has 0 bridgehead atoms. The van der Waals surface area contributed by atoms with Crippen LogP contribution in [0.1, 0.15) is 44.1 Å². The Bertz CT molecular complexity index is 380. The van der Waals surface area contributed by atoms with E-state index in [1.807, 2.05) is 12.1 Å². The maximum Gasteiger partial charge on any atom is 0.0452 e. The average molecular weight is 288 g/mol. The number of hydrogen-bond donors (Lipinski definition) is 1. The average Bonchev–Trinajstić information content (AvgIpc) is 2.35. The van der Waals surface area contributed by atoms with Gasteiger partial charge in [-0.2, -0.15) is 0 Å². The van der Waals surface area contributed by atoms with Crippen LogP contribution >= 0.6 is 23.2 Å². The van der Waals surface area contributed by atoms with Crippen LogP contribution in [0.2, 0.25) is 10.0 Å². The highest BCUT2D eigenvalue weighted by molar-refractivity contribution is 6.35. The lowest BCUT2D eigenvalue weighted by atomic mass is 10.0. The third-order valence-electron chi connectivity index (χ3n) is 2.88. The second-order valence-electron chi connectivity index (χ2n) is 4.34. The van der Waals surface area contributed by atoms with Crippen molar-refractivity contribution < 1.29 is 5.21 Å². The van der Waals surface area contributed by atoms with Gasteiger partial charge in [0, 0.05) is 16.3 Å². The summed E-state index contributed by atoms with van der Waals surface area (Å²) >= 11 is 12.0. The van der Waals surface area contributed by atoms with E-state index in [2.05, 4.69) is 5.16 Å². The molecule has 100 valence electrons. The summed E-state index contributed by atoms with van der Waals surface area (Å²) < 4.78 is 0. The molecule has 1 aromatic rings. The smallest absolute Gasteiger partial charge is 0.0452 e. The van der Waals surface area contributed by atoms with Crippen molar-refractivity contribution in [2.75, 3.05) is 0 Å². The van der Waals surface area contributed by atoms with Crippen LogP contribution in [0, 0.1) is 0 Å². The molecule has 0 aliphatic heterocycles. The lowest BCUT2D eigenvalue weighted by Gasteiger charge is -2.04. The maximum atomic E-state index is 8.23. The van der Waals surface area contributed by atoms with Crippen molar-refractivity contribution in [2.45, 2.75) is 44.9 Å². The lowest BCUT2D eigenvalue weighted by molar-refractivity contribution is 0.320. The van der Waals surface area contributed by atoms with Crippen LogP contribution in [-0.2, 0) is 6.42 Å². The van der Waals surface area contributed by atoms with Gasteiger partial charge in [-0.3, -0.25) is 0 Å². The van der Waals surface area contributed by atoms with E-state index in [4.69, 9.17) is 28.4 Å². The van der Waals surface area contributed by atoms with E-state index in [-0.39, 0.29) is 0 Å². The molecule has 0 fully saturated rings. The molecule has 0 unspecified atom stereocenters. The molecule has 0 aliphatic rings. The van der Waals surface area contributed by atoms with Crippen LogP contribution in [0.15, 0.2) is 23.4 Å². The van der Waals surface area contributed by atoms with E-state index >= 15 is 0 Å². The fourth-order valence-corrected chi connectivity index (χ4v) is 2.37. The third kappa shape index (κ3) is 6.27. The summed E-state index contributed by atoms with van der Waals surface area (Å²) in [4.78, 5) is 0. The van der Waals surface area contributed by atoms with Crippen LogP contribution in [-0.4, -0.2) is 11.4 Å². The molecular weight excluding hydrogens is 269 g/mol. The molecular formula is C14H19Cl2NO. The minimum Gasteiger partial charge on any atom is -0.411 e. The highest BCUT2D eigenvalue weighted by Gasteiger charge is 2.00. The predicted molar refractivity (Wildman–Crippen MR) is 78.1 cm³/mol. The Morgan fingerprint density at radius 1 is 1.06 bits per heavy atom. The van der Waals surface area contributed by atoms with Crippen molar-refractivity contribution in [3.8, 4) is 0 Å². The van der Waals surface area contributed by atoms with Gasteiger partial charge in [0.05, 0.1) is 0 Å². The number of oxime groups is 1. The van der Waals surface area contributed by atoms with Crippen molar-refractivity contribution in [1.29, 1.82) is 0 Å². The fourth-order valence-electron chi connectivity index (χ4n) is 1.86. The molecule has 18 heavy (non-hydrogen) atoms. The molecule has 0 aliphatic carbocycles. The zero-order valence-electron chi connectivity index (χ0n) is 10.4. The highest BCUT2D eigenvalue weighted by atomic mass is 35.5. The topological polar surface area (TPSA) is 32.6 Å². The predicted octanol–water partition coefficient (Wildman–Crippen LogP) is 5.34. The normalized spacial score (nSPS) is 11.2. The van der Waals surface area contributed by atoms with Gasteiger partial charge in [-0.05, 0) is 43.4 Å². The molecule has 4 heteroatoms. The van der Waals surface area contributed by atoms with Crippen molar-refractivity contribution in [2.24, 2.45) is 5.16 Å². The molecule has 0 amide bonds. The van der Waals surface area contributed by atoms with Crippen LogP contribution in [0.5, 0.6) is 0 Å². The van der Waals surface area contributed by atoms with Gasteiger partial charge in [-0.15, -0.1) is 5.16 Å². The lowest BCUT2D eigenvalue weighted by Crippen LogP contribution is -1.88. The van der Waals surface area contributed by atoms with Crippen LogP contribution in [0.25, 0.3) is 0 Å². The molecule has 0 saturated carbocycles. The van der Waals surface area contributed by atoms with E-state index in [0.717, 1.165) is 30.7 Å². The van der Waals surface area contributed by atoms with Crippen LogP contribution in [0.4, 0.5) is 0 Å². The first-order valence-corrected chi connectivity index (χ1v) is 7.09. The van der Waals surface area contributed by atoms with Gasteiger partial charge >= 0.3 is 0 Å². The molecule has 0 radical (unpaired) electrons. The van der Waals surface area contributed by atoms with E-state index < -0.39 is 0 Å². The van der Waals surface area contributed by atoms with E-state index in [9.17, 15) is 0 Å². The quantitative estimate of drug-likeness (QED) is 0.298. The highest BCUT2D eigenvalue weighted by Crippen LogP contribution is 2.22. The number of benzene rings is 1. The summed E-state index contributed by atoms with van der Waals surface area (Å²) in [6.45, 7) is 0. The summed E-state index contributed by atoms with van der Waals surface area (Å²) in [7, 11) is 0. The van der Waals surface area contributed by atoms with Crippen molar-refractivity contribution in [1.82, 2.24) is 0 Å². The van der Waals surface area contributed by atoms with Gasteiger partial charge in [0.1, 0.15) is 0 Å². The first-order valence-electron chi connectivity index (χ1n) is 6.34. The Morgan fingerprint density at radius 3 is 2.50 bits per heavy atom. The largest absolute Gasteiger partial charge is 0.411 e. The Hall–Kier alpha value is -0.730. The number of nitrogens with zero attached hydrogens (tertiary/aromatic N) is 1. The third-order valence-corrected chi connectivity index (χ3v) is 3.46. The molecule has 0 spiro atoms. The first kappa shape index (κ1) is 15.3. The molecule has 2 nitrogen and oxygen atoms in total. The Kier molecular flexibility index (Phi) is 7.86. The van der Waals surface area contributed by atoms with Crippen molar-refractivity contribution in [3.63, 3.8) is 0 Å². The molecule has 1 aromatic carbocycles. The standard InChI is InChI=1S/C14H19Cl2NO/c15-13-9-8-12(14(16)11-13)7-5-3-1-2-4-6-10-17-18/h8-11,18H,1-7H2. The van der Waals surface area contributed by atoms with Gasteiger partial charge in [0.25, 0.3) is 0 Å². The Labute approximate surface area is 119 Å². The summed E-state index contributed by atoms with van der Waals surface area (Å²) in [5.74, 6) is 0. The number of halogens is 2. The zero-order valence-corrected chi connectivity index (χ0v) is 11.9. The zero-order chi connectivity index (χ0) is 13.2. The summed E-state index contributed by atoms with van der Waals surface area (Å²) in [6.07, 6.45) is 9.25. The van der Waals surface area contributed by atoms with Gasteiger partial charge < -0.3 is 5.21 Å². The van der Waals surface area contributed by atoms with Crippen LogP contribution < -0.4 is 0 Å². The van der Waals surface area contributed by atoms with Gasteiger partial charge in [0.15, 0.2) is 0 Å². The number of aryl methyl sites for hydroxylation is 1.